The van der Waals surface area contributed by atoms with E-state index in [0.29, 0.717) is 5.41 Å². The molecule has 0 aromatic carbocycles. The Kier molecular flexibility index (Phi) is 4.00. The molecule has 0 bridgehead atoms. The summed E-state index contributed by atoms with van der Waals surface area (Å²) < 4.78 is 2.03. The topological polar surface area (TPSA) is 57.8 Å². The Hall–Kier alpha value is -2.11. The number of guanidine groups is 1. The van der Waals surface area contributed by atoms with Gasteiger partial charge in [-0.1, -0.05) is 19.9 Å². The summed E-state index contributed by atoms with van der Waals surface area (Å²) in [6, 6.07) is 5.94. The summed E-state index contributed by atoms with van der Waals surface area (Å²) in [6.07, 6.45) is 4.03. The van der Waals surface area contributed by atoms with Crippen molar-refractivity contribution in [2.24, 2.45) is 10.4 Å². The molecule has 0 spiro atoms. The molecule has 0 atom stereocenters. The van der Waals surface area contributed by atoms with Crippen molar-refractivity contribution in [1.82, 2.24) is 24.8 Å². The smallest absolute Gasteiger partial charge is 0.193 e. The van der Waals surface area contributed by atoms with Gasteiger partial charge in [0.25, 0.3) is 0 Å². The summed E-state index contributed by atoms with van der Waals surface area (Å²) in [5.41, 5.74) is 1.27. The third-order valence-electron chi connectivity index (χ3n) is 4.20. The van der Waals surface area contributed by atoms with Crippen LogP contribution in [0.3, 0.4) is 0 Å². The quantitative estimate of drug-likeness (QED) is 0.691. The predicted molar refractivity (Wildman–Crippen MR) is 88.0 cm³/mol. The van der Waals surface area contributed by atoms with E-state index in [1.807, 2.05) is 35.8 Å². The van der Waals surface area contributed by atoms with Crippen LogP contribution in [-0.4, -0.2) is 52.1 Å². The number of nitrogens with one attached hydrogen (secondary N) is 1. The third-order valence-corrected chi connectivity index (χ3v) is 4.20. The Bertz CT molecular complexity index is 672. The molecule has 0 radical (unpaired) electrons. The largest absolute Gasteiger partial charge is 0.356 e. The lowest BCUT2D eigenvalue weighted by Crippen LogP contribution is -2.41. The molecule has 1 aliphatic rings. The molecule has 118 valence electrons. The summed E-state index contributed by atoms with van der Waals surface area (Å²) in [6.45, 7) is 7.55. The van der Waals surface area contributed by atoms with Crippen LogP contribution >= 0.6 is 0 Å². The van der Waals surface area contributed by atoms with Crippen molar-refractivity contribution >= 4 is 11.6 Å². The van der Waals surface area contributed by atoms with Gasteiger partial charge in [0.1, 0.15) is 5.82 Å². The van der Waals surface area contributed by atoms with E-state index in [0.717, 1.165) is 43.5 Å². The van der Waals surface area contributed by atoms with Gasteiger partial charge in [-0.25, -0.2) is 0 Å². The van der Waals surface area contributed by atoms with Gasteiger partial charge >= 0.3 is 0 Å². The van der Waals surface area contributed by atoms with Crippen LogP contribution in [0.25, 0.3) is 5.65 Å². The summed E-state index contributed by atoms with van der Waals surface area (Å²) >= 11 is 0. The van der Waals surface area contributed by atoms with Crippen molar-refractivity contribution in [3.05, 3.63) is 30.2 Å². The van der Waals surface area contributed by atoms with Gasteiger partial charge in [-0.15, -0.1) is 10.2 Å². The number of rotatable bonds is 3. The molecule has 0 aliphatic carbocycles. The number of fused-ring (bicyclic) bond motifs is 1. The maximum Gasteiger partial charge on any atom is 0.193 e. The van der Waals surface area contributed by atoms with Gasteiger partial charge in [0.05, 0.1) is 0 Å². The lowest BCUT2D eigenvalue weighted by Gasteiger charge is -2.23. The number of pyridine rings is 1. The first-order valence-electron chi connectivity index (χ1n) is 7.83. The second-order valence-corrected chi connectivity index (χ2v) is 6.60. The highest BCUT2D eigenvalue weighted by atomic mass is 15.3. The van der Waals surface area contributed by atoms with Crippen LogP contribution in [0.5, 0.6) is 0 Å². The summed E-state index contributed by atoms with van der Waals surface area (Å²) in [5.74, 6) is 1.96. The molecule has 2 aromatic heterocycles. The van der Waals surface area contributed by atoms with E-state index in [9.17, 15) is 0 Å². The van der Waals surface area contributed by atoms with E-state index in [4.69, 9.17) is 0 Å². The Labute approximate surface area is 131 Å². The van der Waals surface area contributed by atoms with Crippen molar-refractivity contribution in [3.8, 4) is 0 Å². The Morgan fingerprint density at radius 2 is 2.23 bits per heavy atom. The zero-order valence-electron chi connectivity index (χ0n) is 13.6. The molecule has 0 unspecified atom stereocenters. The van der Waals surface area contributed by atoms with Gasteiger partial charge in [0.15, 0.2) is 11.6 Å². The Morgan fingerprint density at radius 1 is 1.36 bits per heavy atom. The van der Waals surface area contributed by atoms with E-state index >= 15 is 0 Å². The van der Waals surface area contributed by atoms with E-state index in [1.54, 1.807) is 0 Å². The molecule has 1 fully saturated rings. The van der Waals surface area contributed by atoms with Crippen LogP contribution in [-0.2, 0) is 6.42 Å². The molecule has 3 rings (SSSR count). The summed E-state index contributed by atoms with van der Waals surface area (Å²) in [4.78, 5) is 6.74. The Morgan fingerprint density at radius 3 is 2.95 bits per heavy atom. The molecule has 22 heavy (non-hydrogen) atoms. The number of hydrogen-bond acceptors (Lipinski definition) is 3. The highest BCUT2D eigenvalue weighted by Gasteiger charge is 2.30. The molecule has 6 nitrogen and oxygen atoms in total. The fourth-order valence-corrected chi connectivity index (χ4v) is 2.97. The molecule has 1 aliphatic heterocycles. The number of likely N-dealkylation sites (tertiary alicyclic amines) is 1. The van der Waals surface area contributed by atoms with E-state index < -0.39 is 0 Å². The molecular formula is C16H24N6. The minimum absolute atomic E-state index is 0.376. The second-order valence-electron chi connectivity index (χ2n) is 6.60. The normalized spacial score (nSPS) is 18.1. The maximum atomic E-state index is 4.41. The highest BCUT2D eigenvalue weighted by Crippen LogP contribution is 2.28. The van der Waals surface area contributed by atoms with Crippen molar-refractivity contribution in [3.63, 3.8) is 0 Å². The summed E-state index contributed by atoms with van der Waals surface area (Å²) in [7, 11) is 1.85. The maximum absolute atomic E-state index is 4.41. The second kappa shape index (κ2) is 5.94. The molecule has 0 amide bonds. The fraction of sp³-hybridized carbons (Fsp3) is 0.562. The number of nitrogens with zero attached hydrogens (tertiary/aromatic N) is 5. The number of aliphatic imine (C=N–C) groups is 1. The van der Waals surface area contributed by atoms with Crippen LogP contribution < -0.4 is 5.32 Å². The van der Waals surface area contributed by atoms with Gasteiger partial charge in [-0.05, 0) is 24.0 Å². The minimum atomic E-state index is 0.376. The molecule has 1 N–H and O–H groups in total. The van der Waals surface area contributed by atoms with Crippen LogP contribution in [0.4, 0.5) is 0 Å². The monoisotopic (exact) mass is 300 g/mol. The van der Waals surface area contributed by atoms with Crippen molar-refractivity contribution < 1.29 is 0 Å². The van der Waals surface area contributed by atoms with Crippen LogP contribution in [0.2, 0.25) is 0 Å². The standard InChI is InChI=1S/C16H24N6/c1-16(2)8-11-21(12-16)15(17-3)18-9-7-14-20-19-13-6-4-5-10-22(13)14/h4-6,10H,7-9,11-12H2,1-3H3,(H,17,18). The molecule has 6 heteroatoms. The van der Waals surface area contributed by atoms with Crippen LogP contribution in [0.15, 0.2) is 29.4 Å². The average Bonchev–Trinajstić information content (AvgIpc) is 3.07. The first-order chi connectivity index (χ1) is 10.6. The number of aromatic nitrogens is 3. The molecule has 2 aromatic rings. The first kappa shape index (κ1) is 14.8. The van der Waals surface area contributed by atoms with E-state index in [2.05, 4.69) is 39.3 Å². The van der Waals surface area contributed by atoms with Gasteiger partial charge in [-0.2, -0.15) is 0 Å². The van der Waals surface area contributed by atoms with Crippen molar-refractivity contribution in [2.45, 2.75) is 26.7 Å². The fourth-order valence-electron chi connectivity index (χ4n) is 2.97. The Balaban J connectivity index is 1.58. The molecule has 1 saturated heterocycles. The lowest BCUT2D eigenvalue weighted by molar-refractivity contribution is 0.370. The number of hydrogen-bond donors (Lipinski definition) is 1. The highest BCUT2D eigenvalue weighted by molar-refractivity contribution is 5.80. The van der Waals surface area contributed by atoms with Gasteiger partial charge in [0.2, 0.25) is 0 Å². The lowest BCUT2D eigenvalue weighted by atomic mass is 9.93. The van der Waals surface area contributed by atoms with Gasteiger partial charge in [-0.3, -0.25) is 9.39 Å². The SMILES string of the molecule is CN=C(NCCc1nnc2ccccn12)N1CCC(C)(C)C1. The van der Waals surface area contributed by atoms with Crippen molar-refractivity contribution in [1.29, 1.82) is 0 Å². The third kappa shape index (κ3) is 3.05. The van der Waals surface area contributed by atoms with Crippen LogP contribution in [0, 0.1) is 5.41 Å². The van der Waals surface area contributed by atoms with E-state index in [-0.39, 0.29) is 0 Å². The summed E-state index contributed by atoms with van der Waals surface area (Å²) in [5, 5.41) is 11.9. The van der Waals surface area contributed by atoms with Gasteiger partial charge in [0, 0.05) is 39.3 Å². The zero-order valence-corrected chi connectivity index (χ0v) is 13.6. The minimum Gasteiger partial charge on any atom is -0.356 e. The average molecular weight is 300 g/mol. The van der Waals surface area contributed by atoms with Gasteiger partial charge < -0.3 is 10.2 Å². The molecule has 0 saturated carbocycles. The zero-order chi connectivity index (χ0) is 15.6. The molecule has 3 heterocycles. The predicted octanol–water partition coefficient (Wildman–Crippen LogP) is 1.58. The first-order valence-corrected chi connectivity index (χ1v) is 7.83. The van der Waals surface area contributed by atoms with Crippen LogP contribution in [0.1, 0.15) is 26.1 Å². The van der Waals surface area contributed by atoms with E-state index in [1.165, 1.54) is 6.42 Å². The van der Waals surface area contributed by atoms with Crippen molar-refractivity contribution in [2.75, 3.05) is 26.7 Å². The molecular weight excluding hydrogens is 276 g/mol.